The van der Waals surface area contributed by atoms with Crippen molar-refractivity contribution in [3.8, 4) is 0 Å². The Morgan fingerprint density at radius 3 is 2.46 bits per heavy atom. The van der Waals surface area contributed by atoms with Crippen molar-refractivity contribution in [2.75, 3.05) is 26.2 Å². The van der Waals surface area contributed by atoms with Gasteiger partial charge in [0, 0.05) is 44.1 Å². The van der Waals surface area contributed by atoms with E-state index in [0.717, 1.165) is 37.9 Å². The summed E-state index contributed by atoms with van der Waals surface area (Å²) in [5.74, 6) is -0.412. The number of carbonyl (C=O) groups excluding carboxylic acids is 2. The Bertz CT molecular complexity index is 738. The van der Waals surface area contributed by atoms with Crippen LogP contribution >= 0.6 is 11.6 Å². The quantitative estimate of drug-likeness (QED) is 0.733. The van der Waals surface area contributed by atoms with E-state index >= 15 is 0 Å². The van der Waals surface area contributed by atoms with Gasteiger partial charge in [-0.15, -0.1) is 0 Å². The van der Waals surface area contributed by atoms with Gasteiger partial charge >= 0.3 is 6.18 Å². The highest BCUT2D eigenvalue weighted by molar-refractivity contribution is 6.31. The fraction of sp³-hybridized carbons (Fsp3) is 0.556. The number of hydrogen-bond acceptors (Lipinski definition) is 2. The molecule has 8 heteroatoms. The molecule has 2 aliphatic rings. The number of carbonyl (C=O) groups is 2. The minimum absolute atomic E-state index is 0.0152. The van der Waals surface area contributed by atoms with Crippen LogP contribution in [0.4, 0.5) is 13.2 Å². The number of halogens is 4. The molecule has 142 valence electrons. The van der Waals surface area contributed by atoms with Gasteiger partial charge < -0.3 is 9.80 Å². The van der Waals surface area contributed by atoms with Crippen molar-refractivity contribution in [3.05, 3.63) is 34.3 Å². The van der Waals surface area contributed by atoms with E-state index in [2.05, 4.69) is 0 Å². The summed E-state index contributed by atoms with van der Waals surface area (Å²) >= 11 is 5.63. The minimum atomic E-state index is -4.61. The van der Waals surface area contributed by atoms with Gasteiger partial charge in [-0.05, 0) is 37.5 Å². The molecule has 1 unspecified atom stereocenters. The van der Waals surface area contributed by atoms with Crippen LogP contribution in [0.15, 0.2) is 18.2 Å². The van der Waals surface area contributed by atoms with Gasteiger partial charge in [0.15, 0.2) is 0 Å². The van der Waals surface area contributed by atoms with Gasteiger partial charge in [-0.2, -0.15) is 13.2 Å². The first kappa shape index (κ1) is 19.0. The second-order valence-electron chi connectivity index (χ2n) is 7.21. The second-order valence-corrected chi connectivity index (χ2v) is 7.62. The topological polar surface area (TPSA) is 40.6 Å². The zero-order valence-electron chi connectivity index (χ0n) is 14.4. The molecule has 3 rings (SSSR count). The fourth-order valence-electron chi connectivity index (χ4n) is 3.98. The molecule has 0 aromatic heterocycles. The van der Waals surface area contributed by atoms with E-state index in [1.807, 2.05) is 0 Å². The van der Waals surface area contributed by atoms with Crippen molar-refractivity contribution in [3.63, 3.8) is 0 Å². The van der Waals surface area contributed by atoms with Crippen molar-refractivity contribution in [1.29, 1.82) is 0 Å². The van der Waals surface area contributed by atoms with Crippen LogP contribution in [0.25, 0.3) is 0 Å². The van der Waals surface area contributed by atoms with Crippen LogP contribution in [-0.4, -0.2) is 47.8 Å². The molecule has 4 nitrogen and oxygen atoms in total. The van der Waals surface area contributed by atoms with Crippen molar-refractivity contribution in [2.24, 2.45) is 5.41 Å². The standard InChI is InChI=1S/C18H20ClF3N2O2/c1-12(25)23-7-2-5-17(10-23)6-8-24(11-17)16(26)13-3-4-15(19)14(9-13)18(20,21)22/h3-4,9H,2,5-8,10-11H2,1H3. The van der Waals surface area contributed by atoms with Gasteiger partial charge in [-0.1, -0.05) is 11.6 Å². The van der Waals surface area contributed by atoms with Gasteiger partial charge in [0.25, 0.3) is 5.91 Å². The number of alkyl halides is 3. The molecule has 0 radical (unpaired) electrons. The van der Waals surface area contributed by atoms with Gasteiger partial charge in [0.1, 0.15) is 0 Å². The zero-order chi connectivity index (χ0) is 19.1. The molecule has 2 saturated heterocycles. The highest BCUT2D eigenvalue weighted by Crippen LogP contribution is 2.40. The van der Waals surface area contributed by atoms with Gasteiger partial charge in [0.05, 0.1) is 10.6 Å². The molecule has 2 heterocycles. The number of rotatable bonds is 1. The van der Waals surface area contributed by atoms with Crippen LogP contribution in [0.2, 0.25) is 5.02 Å². The molecule has 0 saturated carbocycles. The molecule has 2 aliphatic heterocycles. The van der Waals surface area contributed by atoms with Crippen LogP contribution in [0.5, 0.6) is 0 Å². The van der Waals surface area contributed by atoms with Crippen LogP contribution in [0, 0.1) is 5.41 Å². The van der Waals surface area contributed by atoms with E-state index in [1.165, 1.54) is 13.0 Å². The molecule has 1 spiro atoms. The van der Waals surface area contributed by atoms with E-state index in [4.69, 9.17) is 11.6 Å². The fourth-order valence-corrected chi connectivity index (χ4v) is 4.20. The summed E-state index contributed by atoms with van der Waals surface area (Å²) < 4.78 is 39.1. The zero-order valence-corrected chi connectivity index (χ0v) is 15.2. The molecule has 1 aromatic rings. The number of nitrogens with zero attached hydrogens (tertiary/aromatic N) is 2. The van der Waals surface area contributed by atoms with Crippen LogP contribution in [0.3, 0.4) is 0 Å². The van der Waals surface area contributed by atoms with Gasteiger partial charge in [0.2, 0.25) is 5.91 Å². The second kappa shape index (κ2) is 6.76. The van der Waals surface area contributed by atoms with Crippen LogP contribution in [-0.2, 0) is 11.0 Å². The summed E-state index contributed by atoms with van der Waals surface area (Å²) in [6.07, 6.45) is -2.07. The first-order valence-corrected chi connectivity index (χ1v) is 8.91. The third-order valence-corrected chi connectivity index (χ3v) is 5.68. The molecule has 0 bridgehead atoms. The third-order valence-electron chi connectivity index (χ3n) is 5.35. The van der Waals surface area contributed by atoms with Crippen molar-refractivity contribution in [2.45, 2.75) is 32.4 Å². The molecular weight excluding hydrogens is 369 g/mol. The molecule has 2 fully saturated rings. The van der Waals surface area contributed by atoms with E-state index in [0.29, 0.717) is 19.6 Å². The highest BCUT2D eigenvalue weighted by Gasteiger charge is 2.43. The average molecular weight is 389 g/mol. The summed E-state index contributed by atoms with van der Waals surface area (Å²) in [6, 6.07) is 3.26. The highest BCUT2D eigenvalue weighted by atomic mass is 35.5. The van der Waals surface area contributed by atoms with E-state index in [9.17, 15) is 22.8 Å². The van der Waals surface area contributed by atoms with Crippen molar-refractivity contribution in [1.82, 2.24) is 9.80 Å². The normalized spacial score (nSPS) is 23.6. The maximum atomic E-state index is 13.0. The molecule has 1 aromatic carbocycles. The number of piperidine rings is 1. The number of amides is 2. The average Bonchev–Trinajstić information content (AvgIpc) is 2.97. The molecule has 0 aliphatic carbocycles. The lowest BCUT2D eigenvalue weighted by Gasteiger charge is -2.40. The SMILES string of the molecule is CC(=O)N1CCCC2(CCN(C(=O)c3ccc(Cl)c(C(F)(F)F)c3)C2)C1. The summed E-state index contributed by atoms with van der Waals surface area (Å²) in [4.78, 5) is 27.8. The van der Waals surface area contributed by atoms with E-state index < -0.39 is 22.7 Å². The first-order chi connectivity index (χ1) is 12.1. The lowest BCUT2D eigenvalue weighted by Crippen LogP contribution is -2.47. The predicted octanol–water partition coefficient (Wildman–Crippen LogP) is 3.83. The Balaban J connectivity index is 1.77. The van der Waals surface area contributed by atoms with Crippen LogP contribution in [0.1, 0.15) is 42.1 Å². The largest absolute Gasteiger partial charge is 0.417 e. The summed E-state index contributed by atoms with van der Waals surface area (Å²) in [7, 11) is 0. The number of benzene rings is 1. The van der Waals surface area contributed by atoms with E-state index in [-0.39, 0.29) is 16.9 Å². The van der Waals surface area contributed by atoms with Gasteiger partial charge in [-0.25, -0.2) is 0 Å². The number of hydrogen-bond donors (Lipinski definition) is 0. The molecule has 0 N–H and O–H groups in total. The summed E-state index contributed by atoms with van der Waals surface area (Å²) in [5, 5.41) is -0.420. The number of likely N-dealkylation sites (tertiary alicyclic amines) is 2. The maximum Gasteiger partial charge on any atom is 0.417 e. The summed E-state index contributed by atoms with van der Waals surface area (Å²) in [6.45, 7) is 3.79. The Labute approximate surface area is 154 Å². The molecular formula is C18H20ClF3N2O2. The molecule has 1 atom stereocenters. The molecule has 2 amide bonds. The van der Waals surface area contributed by atoms with Crippen molar-refractivity contribution >= 4 is 23.4 Å². The lowest BCUT2D eigenvalue weighted by molar-refractivity contribution is -0.137. The Kier molecular flexibility index (Phi) is 4.94. The smallest absolute Gasteiger partial charge is 0.342 e. The van der Waals surface area contributed by atoms with E-state index in [1.54, 1.807) is 9.80 Å². The predicted molar refractivity (Wildman–Crippen MR) is 90.9 cm³/mol. The Hall–Kier alpha value is -1.76. The lowest BCUT2D eigenvalue weighted by atomic mass is 9.79. The monoisotopic (exact) mass is 388 g/mol. The summed E-state index contributed by atoms with van der Waals surface area (Å²) in [5.41, 5.74) is -1.17. The van der Waals surface area contributed by atoms with Crippen molar-refractivity contribution < 1.29 is 22.8 Å². The first-order valence-electron chi connectivity index (χ1n) is 8.53. The van der Waals surface area contributed by atoms with Gasteiger partial charge in [-0.3, -0.25) is 9.59 Å². The minimum Gasteiger partial charge on any atom is -0.342 e. The third kappa shape index (κ3) is 3.68. The Morgan fingerprint density at radius 2 is 1.81 bits per heavy atom. The molecule has 26 heavy (non-hydrogen) atoms. The Morgan fingerprint density at radius 1 is 1.12 bits per heavy atom. The van der Waals surface area contributed by atoms with Crippen LogP contribution < -0.4 is 0 Å². The maximum absolute atomic E-state index is 13.0.